The molecule has 13 heavy (non-hydrogen) atoms. The van der Waals surface area contributed by atoms with Crippen molar-refractivity contribution >= 4 is 0 Å². The van der Waals surface area contributed by atoms with Crippen LogP contribution in [0.5, 0.6) is 0 Å². The molecule has 2 nitrogen and oxygen atoms in total. The third-order valence-corrected chi connectivity index (χ3v) is 3.00. The first-order valence-electron chi connectivity index (χ1n) is 5.22. The number of nitrogens with two attached hydrogens (primary N) is 1. The summed E-state index contributed by atoms with van der Waals surface area (Å²) in [6.07, 6.45) is 6.13. The molecule has 0 spiro atoms. The molecule has 0 radical (unpaired) electrons. The topological polar surface area (TPSA) is 41.8 Å². The van der Waals surface area contributed by atoms with Crippen molar-refractivity contribution in [3.05, 3.63) is 22.5 Å². The van der Waals surface area contributed by atoms with E-state index in [4.69, 9.17) is 5.73 Å². The fraction of sp³-hybridized carbons (Fsp3) is 0.636. The normalized spacial score (nSPS) is 14.9. The quantitative estimate of drug-likeness (QED) is 0.727. The molecule has 0 saturated carbocycles. The molecule has 2 heteroatoms. The number of hydrogen-bond acceptors (Lipinski definition) is 1. The molecule has 1 aliphatic carbocycles. The molecular weight excluding hydrogens is 160 g/mol. The van der Waals surface area contributed by atoms with Gasteiger partial charge in [0.05, 0.1) is 0 Å². The summed E-state index contributed by atoms with van der Waals surface area (Å²) < 4.78 is 0. The van der Waals surface area contributed by atoms with Crippen molar-refractivity contribution < 1.29 is 0 Å². The number of hydrogen-bond donors (Lipinski definition) is 2. The monoisotopic (exact) mass is 178 g/mol. The molecule has 0 aromatic carbocycles. The zero-order chi connectivity index (χ0) is 9.26. The average Bonchev–Trinajstić information content (AvgIpc) is 2.62. The van der Waals surface area contributed by atoms with Crippen molar-refractivity contribution in [1.82, 2.24) is 4.98 Å². The lowest BCUT2D eigenvalue weighted by molar-refractivity contribution is 0.810. The summed E-state index contributed by atoms with van der Waals surface area (Å²) in [4.78, 5) is 3.49. The maximum atomic E-state index is 5.53. The van der Waals surface area contributed by atoms with Crippen molar-refractivity contribution in [1.29, 1.82) is 0 Å². The molecule has 1 aliphatic rings. The Balaban J connectivity index is 2.22. The Kier molecular flexibility index (Phi) is 2.40. The number of aromatic nitrogens is 1. The molecule has 0 saturated heterocycles. The molecule has 0 aliphatic heterocycles. The molecule has 0 fully saturated rings. The number of rotatable bonds is 3. The average molecular weight is 178 g/mol. The number of nitrogens with one attached hydrogen (secondary N) is 1. The van der Waals surface area contributed by atoms with Gasteiger partial charge < -0.3 is 10.7 Å². The van der Waals surface area contributed by atoms with E-state index in [9.17, 15) is 0 Å². The van der Waals surface area contributed by atoms with Crippen LogP contribution in [-0.2, 0) is 19.3 Å². The van der Waals surface area contributed by atoms with E-state index in [1.807, 2.05) is 0 Å². The number of H-pyrrole nitrogens is 1. The van der Waals surface area contributed by atoms with Gasteiger partial charge in [0.25, 0.3) is 0 Å². The van der Waals surface area contributed by atoms with Crippen LogP contribution in [0.15, 0.2) is 0 Å². The van der Waals surface area contributed by atoms with Crippen LogP contribution in [0, 0.1) is 6.92 Å². The van der Waals surface area contributed by atoms with Crippen LogP contribution in [-0.4, -0.2) is 11.5 Å². The summed E-state index contributed by atoms with van der Waals surface area (Å²) in [6, 6.07) is 0. The maximum Gasteiger partial charge on any atom is 0.0184 e. The second-order valence-corrected chi connectivity index (χ2v) is 3.93. The predicted octanol–water partition coefficient (Wildman–Crippen LogP) is 1.70. The van der Waals surface area contributed by atoms with E-state index in [0.717, 1.165) is 19.4 Å². The molecule has 1 aromatic rings. The van der Waals surface area contributed by atoms with Gasteiger partial charge in [0, 0.05) is 11.4 Å². The van der Waals surface area contributed by atoms with Crippen molar-refractivity contribution in [3.63, 3.8) is 0 Å². The van der Waals surface area contributed by atoms with E-state index in [1.165, 1.54) is 30.7 Å². The zero-order valence-electron chi connectivity index (χ0n) is 8.32. The van der Waals surface area contributed by atoms with E-state index in [2.05, 4.69) is 11.9 Å². The van der Waals surface area contributed by atoms with Crippen LogP contribution in [0.25, 0.3) is 0 Å². The number of aryl methyl sites for hydroxylation is 2. The van der Waals surface area contributed by atoms with E-state index < -0.39 is 0 Å². The lowest BCUT2D eigenvalue weighted by atomic mass is 10.0. The first-order valence-corrected chi connectivity index (χ1v) is 5.22. The molecule has 1 heterocycles. The van der Waals surface area contributed by atoms with Gasteiger partial charge in [0.1, 0.15) is 0 Å². The minimum atomic E-state index is 0.805. The molecule has 72 valence electrons. The second-order valence-electron chi connectivity index (χ2n) is 3.93. The Labute approximate surface area is 79.5 Å². The fourth-order valence-electron chi connectivity index (χ4n) is 2.36. The Hall–Kier alpha value is -0.760. The number of aromatic amines is 1. The third kappa shape index (κ3) is 1.51. The molecule has 0 unspecified atom stereocenters. The lowest BCUT2D eigenvalue weighted by Crippen LogP contribution is -2.01. The van der Waals surface area contributed by atoms with Crippen LogP contribution in [0.1, 0.15) is 35.4 Å². The summed E-state index contributed by atoms with van der Waals surface area (Å²) in [6.45, 7) is 2.99. The van der Waals surface area contributed by atoms with Gasteiger partial charge in [0.2, 0.25) is 0 Å². The summed E-state index contributed by atoms with van der Waals surface area (Å²) in [5.74, 6) is 0. The third-order valence-electron chi connectivity index (χ3n) is 3.00. The molecule has 3 N–H and O–H groups in total. The maximum absolute atomic E-state index is 5.53. The standard InChI is InChI=1S/C11H18N2/c1-8-9(5-3-7-12)10-4-2-6-11(10)13-8/h13H,2-7,12H2,1H3. The van der Waals surface area contributed by atoms with Gasteiger partial charge in [-0.1, -0.05) is 0 Å². The molecule has 0 bridgehead atoms. The molecule has 0 amide bonds. The fourth-order valence-corrected chi connectivity index (χ4v) is 2.36. The van der Waals surface area contributed by atoms with Gasteiger partial charge in [-0.3, -0.25) is 0 Å². The first-order chi connectivity index (χ1) is 6.33. The predicted molar refractivity (Wildman–Crippen MR) is 54.9 cm³/mol. The highest BCUT2D eigenvalue weighted by atomic mass is 14.7. The van der Waals surface area contributed by atoms with Crippen molar-refractivity contribution in [2.45, 2.75) is 39.0 Å². The van der Waals surface area contributed by atoms with Crippen LogP contribution in [0.2, 0.25) is 0 Å². The van der Waals surface area contributed by atoms with Gasteiger partial charge in [-0.25, -0.2) is 0 Å². The van der Waals surface area contributed by atoms with E-state index >= 15 is 0 Å². The highest BCUT2D eigenvalue weighted by Crippen LogP contribution is 2.28. The summed E-state index contributed by atoms with van der Waals surface area (Å²) in [5.41, 5.74) is 11.6. The minimum absolute atomic E-state index is 0.805. The Morgan fingerprint density at radius 1 is 1.38 bits per heavy atom. The smallest absolute Gasteiger partial charge is 0.0184 e. The van der Waals surface area contributed by atoms with Crippen LogP contribution >= 0.6 is 0 Å². The van der Waals surface area contributed by atoms with Crippen molar-refractivity contribution in [3.8, 4) is 0 Å². The summed E-state index contributed by atoms with van der Waals surface area (Å²) in [7, 11) is 0. The molecule has 0 atom stereocenters. The van der Waals surface area contributed by atoms with E-state index in [1.54, 1.807) is 11.1 Å². The molecule has 2 rings (SSSR count). The zero-order valence-corrected chi connectivity index (χ0v) is 8.32. The summed E-state index contributed by atoms with van der Waals surface area (Å²) in [5, 5.41) is 0. The minimum Gasteiger partial charge on any atom is -0.362 e. The largest absolute Gasteiger partial charge is 0.362 e. The Morgan fingerprint density at radius 3 is 3.00 bits per heavy atom. The van der Waals surface area contributed by atoms with Crippen molar-refractivity contribution in [2.75, 3.05) is 6.54 Å². The first kappa shape index (κ1) is 8.82. The van der Waals surface area contributed by atoms with Gasteiger partial charge in [-0.05, 0) is 56.7 Å². The summed E-state index contributed by atoms with van der Waals surface area (Å²) >= 11 is 0. The van der Waals surface area contributed by atoms with Crippen LogP contribution < -0.4 is 5.73 Å². The molecule has 1 aromatic heterocycles. The highest BCUT2D eigenvalue weighted by molar-refractivity contribution is 5.39. The van der Waals surface area contributed by atoms with E-state index in [0.29, 0.717) is 0 Å². The van der Waals surface area contributed by atoms with Crippen LogP contribution in [0.4, 0.5) is 0 Å². The van der Waals surface area contributed by atoms with E-state index in [-0.39, 0.29) is 0 Å². The lowest BCUT2D eigenvalue weighted by Gasteiger charge is -2.01. The Morgan fingerprint density at radius 2 is 2.23 bits per heavy atom. The van der Waals surface area contributed by atoms with Crippen molar-refractivity contribution in [2.24, 2.45) is 5.73 Å². The molecular formula is C11H18N2. The Bertz CT molecular complexity index is 299. The van der Waals surface area contributed by atoms with Gasteiger partial charge in [-0.2, -0.15) is 0 Å². The SMILES string of the molecule is Cc1[nH]c2c(c1CCCN)CCC2. The second kappa shape index (κ2) is 3.54. The van der Waals surface area contributed by atoms with Gasteiger partial charge >= 0.3 is 0 Å². The number of fused-ring (bicyclic) bond motifs is 1. The highest BCUT2D eigenvalue weighted by Gasteiger charge is 2.18. The van der Waals surface area contributed by atoms with Gasteiger partial charge in [0.15, 0.2) is 0 Å². The van der Waals surface area contributed by atoms with Gasteiger partial charge in [-0.15, -0.1) is 0 Å². The van der Waals surface area contributed by atoms with Crippen LogP contribution in [0.3, 0.4) is 0 Å².